The summed E-state index contributed by atoms with van der Waals surface area (Å²) >= 11 is 5.78. The Morgan fingerprint density at radius 2 is 1.79 bits per heavy atom. The zero-order valence-corrected chi connectivity index (χ0v) is 14.5. The lowest BCUT2D eigenvalue weighted by Gasteiger charge is -2.08. The van der Waals surface area contributed by atoms with E-state index in [2.05, 4.69) is 5.32 Å². The molecule has 0 aromatic heterocycles. The van der Waals surface area contributed by atoms with E-state index in [0.29, 0.717) is 29.3 Å². The van der Waals surface area contributed by atoms with Gasteiger partial charge in [-0.2, -0.15) is 0 Å². The fourth-order valence-corrected chi connectivity index (χ4v) is 2.35. The van der Waals surface area contributed by atoms with Crippen LogP contribution in [0.3, 0.4) is 0 Å². The van der Waals surface area contributed by atoms with Gasteiger partial charge in [0.25, 0.3) is 5.91 Å². The Morgan fingerprint density at radius 3 is 2.46 bits per heavy atom. The maximum Gasteiger partial charge on any atom is 0.311 e. The molecular formula is C19H20ClNO3. The number of amides is 1. The molecule has 1 amide bonds. The van der Waals surface area contributed by atoms with Crippen LogP contribution < -0.4 is 10.1 Å². The van der Waals surface area contributed by atoms with E-state index in [9.17, 15) is 9.59 Å². The highest BCUT2D eigenvalue weighted by atomic mass is 35.5. The minimum Gasteiger partial charge on any atom is -0.426 e. The maximum atomic E-state index is 11.9. The number of carbonyl (C=O) groups is 2. The normalized spacial score (nSPS) is 10.3. The first-order valence-electron chi connectivity index (χ1n) is 7.77. The molecule has 2 rings (SSSR count). The largest absolute Gasteiger partial charge is 0.426 e. The second-order valence-corrected chi connectivity index (χ2v) is 6.05. The van der Waals surface area contributed by atoms with Gasteiger partial charge in [-0.3, -0.25) is 9.59 Å². The van der Waals surface area contributed by atoms with Gasteiger partial charge in [-0.15, -0.1) is 0 Å². The third-order valence-corrected chi connectivity index (χ3v) is 3.76. The van der Waals surface area contributed by atoms with Crippen LogP contribution in [0.4, 0.5) is 0 Å². The summed E-state index contributed by atoms with van der Waals surface area (Å²) in [6.45, 7) is 4.30. The summed E-state index contributed by atoms with van der Waals surface area (Å²) in [5, 5.41) is 3.35. The molecule has 0 heterocycles. The number of aryl methyl sites for hydroxylation is 2. The molecule has 1 N–H and O–H groups in total. The van der Waals surface area contributed by atoms with Gasteiger partial charge in [0.15, 0.2) is 0 Å². The third kappa shape index (κ3) is 5.39. The summed E-state index contributed by atoms with van der Waals surface area (Å²) in [5.41, 5.74) is 2.59. The maximum absolute atomic E-state index is 11.9. The van der Waals surface area contributed by atoms with Crippen molar-refractivity contribution in [2.24, 2.45) is 0 Å². The third-order valence-electron chi connectivity index (χ3n) is 3.50. The SMILES string of the molecule is Cc1ccc(OC(=O)CCCNC(=O)c2ccc(Cl)cc2)c(C)c1. The quantitative estimate of drug-likeness (QED) is 0.487. The summed E-state index contributed by atoms with van der Waals surface area (Å²) < 4.78 is 5.34. The lowest BCUT2D eigenvalue weighted by molar-refractivity contribution is -0.134. The van der Waals surface area contributed by atoms with Crippen LogP contribution in [0.25, 0.3) is 0 Å². The van der Waals surface area contributed by atoms with Crippen molar-refractivity contribution in [1.82, 2.24) is 5.32 Å². The predicted octanol–water partition coefficient (Wildman–Crippen LogP) is 4.07. The van der Waals surface area contributed by atoms with E-state index >= 15 is 0 Å². The van der Waals surface area contributed by atoms with Crippen LogP contribution >= 0.6 is 11.6 Å². The predicted molar refractivity (Wildman–Crippen MR) is 94.6 cm³/mol. The molecule has 5 heteroatoms. The lowest BCUT2D eigenvalue weighted by Crippen LogP contribution is -2.25. The smallest absolute Gasteiger partial charge is 0.311 e. The minimum absolute atomic E-state index is 0.186. The summed E-state index contributed by atoms with van der Waals surface area (Å²) in [4.78, 5) is 23.8. The Morgan fingerprint density at radius 1 is 1.08 bits per heavy atom. The summed E-state index contributed by atoms with van der Waals surface area (Å²) in [6.07, 6.45) is 0.761. The van der Waals surface area contributed by atoms with Crippen molar-refractivity contribution in [2.75, 3.05) is 6.54 Å². The van der Waals surface area contributed by atoms with E-state index in [4.69, 9.17) is 16.3 Å². The van der Waals surface area contributed by atoms with Crippen LogP contribution in [0.1, 0.15) is 34.3 Å². The first-order chi connectivity index (χ1) is 11.5. The van der Waals surface area contributed by atoms with Crippen molar-refractivity contribution in [3.8, 4) is 5.75 Å². The standard InChI is InChI=1S/C19H20ClNO3/c1-13-5-10-17(14(2)12-13)24-18(22)4-3-11-21-19(23)15-6-8-16(20)9-7-15/h5-10,12H,3-4,11H2,1-2H3,(H,21,23). The number of benzene rings is 2. The van der Waals surface area contributed by atoms with Gasteiger partial charge in [0.05, 0.1) is 0 Å². The van der Waals surface area contributed by atoms with Crippen molar-refractivity contribution < 1.29 is 14.3 Å². The van der Waals surface area contributed by atoms with Crippen molar-refractivity contribution in [3.05, 3.63) is 64.2 Å². The number of hydrogen-bond acceptors (Lipinski definition) is 3. The zero-order chi connectivity index (χ0) is 17.5. The molecule has 0 bridgehead atoms. The van der Waals surface area contributed by atoms with E-state index in [1.54, 1.807) is 30.3 Å². The number of esters is 1. The number of ether oxygens (including phenoxy) is 1. The summed E-state index contributed by atoms with van der Waals surface area (Å²) in [7, 11) is 0. The molecule has 126 valence electrons. The van der Waals surface area contributed by atoms with Crippen molar-refractivity contribution in [2.45, 2.75) is 26.7 Å². The number of rotatable bonds is 6. The highest BCUT2D eigenvalue weighted by Crippen LogP contribution is 2.19. The summed E-state index contributed by atoms with van der Waals surface area (Å²) in [6, 6.07) is 12.3. The summed E-state index contributed by atoms with van der Waals surface area (Å²) in [5.74, 6) is 0.0907. The second-order valence-electron chi connectivity index (χ2n) is 5.61. The molecule has 0 spiro atoms. The molecule has 4 nitrogen and oxygen atoms in total. The molecule has 0 saturated heterocycles. The number of nitrogens with one attached hydrogen (secondary N) is 1. The van der Waals surface area contributed by atoms with Gasteiger partial charge in [-0.05, 0) is 56.2 Å². The Kier molecular flexibility index (Phi) is 6.38. The molecule has 0 saturated carbocycles. The van der Waals surface area contributed by atoms with Crippen LogP contribution in [-0.2, 0) is 4.79 Å². The highest BCUT2D eigenvalue weighted by Gasteiger charge is 2.08. The molecule has 2 aromatic carbocycles. The van der Waals surface area contributed by atoms with Gasteiger partial charge in [-0.25, -0.2) is 0 Å². The van der Waals surface area contributed by atoms with E-state index < -0.39 is 0 Å². The van der Waals surface area contributed by atoms with Crippen LogP contribution in [0.5, 0.6) is 5.75 Å². The molecule has 0 aliphatic heterocycles. The average Bonchev–Trinajstić information content (AvgIpc) is 2.55. The highest BCUT2D eigenvalue weighted by molar-refractivity contribution is 6.30. The van der Waals surface area contributed by atoms with E-state index in [0.717, 1.165) is 11.1 Å². The number of carbonyl (C=O) groups excluding carboxylic acids is 2. The molecule has 0 fully saturated rings. The Bertz CT molecular complexity index is 726. The van der Waals surface area contributed by atoms with Crippen LogP contribution in [-0.4, -0.2) is 18.4 Å². The molecule has 2 aromatic rings. The fraction of sp³-hybridized carbons (Fsp3) is 0.263. The Labute approximate surface area is 146 Å². The van der Waals surface area contributed by atoms with Gasteiger partial charge in [-0.1, -0.05) is 29.3 Å². The van der Waals surface area contributed by atoms with Crippen molar-refractivity contribution in [3.63, 3.8) is 0 Å². The van der Waals surface area contributed by atoms with Gasteiger partial charge in [0.1, 0.15) is 5.75 Å². The Balaban J connectivity index is 1.72. The number of hydrogen-bond donors (Lipinski definition) is 1. The first-order valence-corrected chi connectivity index (χ1v) is 8.15. The molecule has 0 aliphatic carbocycles. The van der Waals surface area contributed by atoms with Crippen LogP contribution in [0, 0.1) is 13.8 Å². The first kappa shape index (κ1) is 18.0. The monoisotopic (exact) mass is 345 g/mol. The van der Waals surface area contributed by atoms with Gasteiger partial charge < -0.3 is 10.1 Å². The minimum atomic E-state index is -0.303. The second kappa shape index (κ2) is 8.50. The van der Waals surface area contributed by atoms with Gasteiger partial charge in [0, 0.05) is 23.6 Å². The fourth-order valence-electron chi connectivity index (χ4n) is 2.23. The zero-order valence-electron chi connectivity index (χ0n) is 13.8. The molecule has 0 unspecified atom stereocenters. The van der Waals surface area contributed by atoms with Crippen molar-refractivity contribution in [1.29, 1.82) is 0 Å². The van der Waals surface area contributed by atoms with Crippen molar-refractivity contribution >= 4 is 23.5 Å². The van der Waals surface area contributed by atoms with E-state index in [-0.39, 0.29) is 18.3 Å². The number of halogens is 1. The van der Waals surface area contributed by atoms with E-state index in [1.807, 2.05) is 26.0 Å². The van der Waals surface area contributed by atoms with Crippen LogP contribution in [0.2, 0.25) is 5.02 Å². The molecule has 24 heavy (non-hydrogen) atoms. The lowest BCUT2D eigenvalue weighted by atomic mass is 10.1. The topological polar surface area (TPSA) is 55.4 Å². The van der Waals surface area contributed by atoms with Crippen LogP contribution in [0.15, 0.2) is 42.5 Å². The molecule has 0 aliphatic rings. The van der Waals surface area contributed by atoms with Gasteiger partial charge in [0.2, 0.25) is 0 Å². The molecular weight excluding hydrogens is 326 g/mol. The molecule has 0 radical (unpaired) electrons. The Hall–Kier alpha value is -2.33. The van der Waals surface area contributed by atoms with Gasteiger partial charge >= 0.3 is 5.97 Å². The average molecular weight is 346 g/mol. The van der Waals surface area contributed by atoms with E-state index in [1.165, 1.54) is 0 Å². The molecule has 0 atom stereocenters.